The number of nitrogen functional groups attached to an aromatic ring is 1. The lowest BCUT2D eigenvalue weighted by molar-refractivity contribution is 0.305. The number of aryl methyl sites for hydroxylation is 1. The maximum atomic E-state index is 5.83. The zero-order chi connectivity index (χ0) is 14.1. The van der Waals surface area contributed by atoms with Gasteiger partial charge in [-0.05, 0) is 50.2 Å². The van der Waals surface area contributed by atoms with Gasteiger partial charge in [-0.15, -0.1) is 11.3 Å². The molecule has 0 bridgehead atoms. The molecule has 0 atom stereocenters. The summed E-state index contributed by atoms with van der Waals surface area (Å²) in [6, 6.07) is 1.95. The molecule has 20 heavy (non-hydrogen) atoms. The molecule has 2 aromatic rings. The second-order valence-electron chi connectivity index (χ2n) is 5.74. The summed E-state index contributed by atoms with van der Waals surface area (Å²) in [6.07, 6.45) is 6.23. The summed E-state index contributed by atoms with van der Waals surface area (Å²) in [4.78, 5) is 5.61. The molecule has 108 valence electrons. The Labute approximate surface area is 123 Å². The van der Waals surface area contributed by atoms with E-state index in [-0.39, 0.29) is 0 Å². The van der Waals surface area contributed by atoms with Gasteiger partial charge in [0.1, 0.15) is 0 Å². The van der Waals surface area contributed by atoms with E-state index in [4.69, 9.17) is 10.3 Å². The summed E-state index contributed by atoms with van der Waals surface area (Å²) < 4.78 is 5.45. The Balaban J connectivity index is 1.76. The van der Waals surface area contributed by atoms with Crippen molar-refractivity contribution in [1.29, 1.82) is 0 Å². The minimum atomic E-state index is 0.466. The van der Waals surface area contributed by atoms with Crippen molar-refractivity contribution >= 4 is 16.3 Å². The van der Waals surface area contributed by atoms with Gasteiger partial charge in [0.25, 0.3) is 5.89 Å². The summed E-state index contributed by atoms with van der Waals surface area (Å²) >= 11 is 1.51. The average Bonchev–Trinajstić information content (AvgIpc) is 3.05. The van der Waals surface area contributed by atoms with Crippen LogP contribution in [0.2, 0.25) is 0 Å². The maximum absolute atomic E-state index is 5.83. The third-order valence-electron chi connectivity index (χ3n) is 4.36. The van der Waals surface area contributed by atoms with Crippen molar-refractivity contribution in [1.82, 2.24) is 10.1 Å². The highest BCUT2D eigenvalue weighted by molar-refractivity contribution is 7.19. The van der Waals surface area contributed by atoms with Gasteiger partial charge in [0.05, 0.1) is 9.88 Å². The van der Waals surface area contributed by atoms with Crippen molar-refractivity contribution in [3.8, 4) is 10.8 Å². The van der Waals surface area contributed by atoms with Crippen LogP contribution in [0.4, 0.5) is 5.00 Å². The van der Waals surface area contributed by atoms with Crippen molar-refractivity contribution in [3.63, 3.8) is 0 Å². The molecule has 0 radical (unpaired) electrons. The lowest BCUT2D eigenvalue weighted by Gasteiger charge is -2.25. The van der Waals surface area contributed by atoms with E-state index in [0.29, 0.717) is 11.8 Å². The normalized spacial score (nSPS) is 23.1. The number of rotatable bonds is 3. The van der Waals surface area contributed by atoms with E-state index in [9.17, 15) is 0 Å². The number of aromatic nitrogens is 2. The van der Waals surface area contributed by atoms with Crippen LogP contribution in [0.25, 0.3) is 10.8 Å². The minimum Gasteiger partial charge on any atom is -0.391 e. The van der Waals surface area contributed by atoms with Crippen LogP contribution in [0, 0.1) is 12.8 Å². The molecule has 0 unspecified atom stereocenters. The van der Waals surface area contributed by atoms with Gasteiger partial charge in [-0.25, -0.2) is 0 Å². The molecule has 1 aliphatic carbocycles. The van der Waals surface area contributed by atoms with E-state index in [2.05, 4.69) is 17.1 Å². The number of nitrogens with zero attached hydrogens (tertiary/aromatic N) is 2. The predicted octanol–water partition coefficient (Wildman–Crippen LogP) is 4.37. The highest BCUT2D eigenvalue weighted by atomic mass is 32.1. The van der Waals surface area contributed by atoms with Crippen LogP contribution in [-0.4, -0.2) is 10.1 Å². The topological polar surface area (TPSA) is 64.9 Å². The van der Waals surface area contributed by atoms with Crippen molar-refractivity contribution in [2.24, 2.45) is 5.92 Å². The molecule has 0 saturated heterocycles. The van der Waals surface area contributed by atoms with Gasteiger partial charge in [0.15, 0.2) is 5.82 Å². The standard InChI is InChI=1S/C15H21N3OS/c1-3-10-4-6-11(7-5-10)14-17-15(19-18-14)13-9(2)8-12(16)20-13/h8,10-11H,3-7,16H2,1-2H3. The smallest absolute Gasteiger partial charge is 0.268 e. The Morgan fingerprint density at radius 3 is 2.70 bits per heavy atom. The Hall–Kier alpha value is -1.36. The van der Waals surface area contributed by atoms with Crippen LogP contribution < -0.4 is 5.73 Å². The van der Waals surface area contributed by atoms with Crippen molar-refractivity contribution < 1.29 is 4.52 Å². The van der Waals surface area contributed by atoms with Crippen molar-refractivity contribution in [3.05, 3.63) is 17.5 Å². The number of hydrogen-bond donors (Lipinski definition) is 1. The molecule has 2 aromatic heterocycles. The fourth-order valence-corrected chi connectivity index (χ4v) is 3.90. The number of anilines is 1. The molecule has 2 N–H and O–H groups in total. The second kappa shape index (κ2) is 5.56. The maximum Gasteiger partial charge on any atom is 0.268 e. The molecular weight excluding hydrogens is 270 g/mol. The Kier molecular flexibility index (Phi) is 3.78. The molecule has 5 heteroatoms. The Bertz CT molecular complexity index is 582. The summed E-state index contributed by atoms with van der Waals surface area (Å²) in [6.45, 7) is 4.31. The quantitative estimate of drug-likeness (QED) is 0.911. The Morgan fingerprint density at radius 1 is 1.35 bits per heavy atom. The zero-order valence-corrected chi connectivity index (χ0v) is 12.9. The molecule has 1 fully saturated rings. The van der Waals surface area contributed by atoms with Crippen LogP contribution >= 0.6 is 11.3 Å². The molecule has 2 heterocycles. The highest BCUT2D eigenvalue weighted by Gasteiger charge is 2.25. The average molecular weight is 291 g/mol. The molecule has 1 aliphatic rings. The molecular formula is C15H21N3OS. The van der Waals surface area contributed by atoms with E-state index in [1.54, 1.807) is 0 Å². The fourth-order valence-electron chi connectivity index (χ4n) is 3.04. The molecule has 3 rings (SSSR count). The summed E-state index contributed by atoms with van der Waals surface area (Å²) in [7, 11) is 0. The molecule has 0 amide bonds. The largest absolute Gasteiger partial charge is 0.391 e. The SMILES string of the molecule is CCC1CCC(c2noc(-c3sc(N)cc3C)n2)CC1. The number of hydrogen-bond acceptors (Lipinski definition) is 5. The van der Waals surface area contributed by atoms with Crippen molar-refractivity contribution in [2.45, 2.75) is 51.9 Å². The van der Waals surface area contributed by atoms with Gasteiger partial charge in [-0.1, -0.05) is 18.5 Å². The van der Waals surface area contributed by atoms with E-state index >= 15 is 0 Å². The van der Waals surface area contributed by atoms with E-state index in [1.807, 2.05) is 13.0 Å². The zero-order valence-electron chi connectivity index (χ0n) is 12.1. The Morgan fingerprint density at radius 2 is 2.10 bits per heavy atom. The first-order chi connectivity index (χ1) is 9.67. The van der Waals surface area contributed by atoms with Gasteiger partial charge < -0.3 is 10.3 Å². The van der Waals surface area contributed by atoms with Gasteiger partial charge in [-0.3, -0.25) is 0 Å². The number of nitrogens with two attached hydrogens (primary N) is 1. The first kappa shape index (κ1) is 13.6. The second-order valence-corrected chi connectivity index (χ2v) is 6.83. The fraction of sp³-hybridized carbons (Fsp3) is 0.600. The lowest BCUT2D eigenvalue weighted by Crippen LogP contribution is -2.13. The molecule has 0 spiro atoms. The van der Waals surface area contributed by atoms with Crippen LogP contribution in [-0.2, 0) is 0 Å². The molecule has 1 saturated carbocycles. The van der Waals surface area contributed by atoms with Gasteiger partial charge >= 0.3 is 0 Å². The van der Waals surface area contributed by atoms with E-state index < -0.39 is 0 Å². The predicted molar refractivity (Wildman–Crippen MR) is 81.8 cm³/mol. The van der Waals surface area contributed by atoms with Gasteiger partial charge in [-0.2, -0.15) is 4.98 Å². The lowest BCUT2D eigenvalue weighted by atomic mass is 9.80. The van der Waals surface area contributed by atoms with Crippen LogP contribution in [0.3, 0.4) is 0 Å². The molecule has 0 aromatic carbocycles. The third kappa shape index (κ3) is 2.59. The summed E-state index contributed by atoms with van der Waals surface area (Å²) in [5.74, 6) is 2.85. The van der Waals surface area contributed by atoms with E-state index in [0.717, 1.165) is 27.2 Å². The summed E-state index contributed by atoms with van der Waals surface area (Å²) in [5, 5.41) is 4.99. The minimum absolute atomic E-state index is 0.466. The van der Waals surface area contributed by atoms with Gasteiger partial charge in [0, 0.05) is 5.92 Å². The van der Waals surface area contributed by atoms with Crippen LogP contribution in [0.5, 0.6) is 0 Å². The van der Waals surface area contributed by atoms with Crippen molar-refractivity contribution in [2.75, 3.05) is 5.73 Å². The van der Waals surface area contributed by atoms with E-state index in [1.165, 1.54) is 43.4 Å². The molecule has 4 nitrogen and oxygen atoms in total. The third-order valence-corrected chi connectivity index (χ3v) is 5.42. The monoisotopic (exact) mass is 291 g/mol. The van der Waals surface area contributed by atoms with Crippen LogP contribution in [0.15, 0.2) is 10.6 Å². The summed E-state index contributed by atoms with van der Waals surface area (Å²) in [5.41, 5.74) is 6.93. The van der Waals surface area contributed by atoms with Crippen LogP contribution in [0.1, 0.15) is 56.3 Å². The van der Waals surface area contributed by atoms with Gasteiger partial charge in [0.2, 0.25) is 0 Å². The first-order valence-corrected chi connectivity index (χ1v) is 8.19. The highest BCUT2D eigenvalue weighted by Crippen LogP contribution is 2.38. The number of thiophene rings is 1. The first-order valence-electron chi connectivity index (χ1n) is 7.37. The molecule has 0 aliphatic heterocycles.